The van der Waals surface area contributed by atoms with Crippen LogP contribution >= 0.6 is 15.9 Å². The van der Waals surface area contributed by atoms with Crippen molar-refractivity contribution in [1.82, 2.24) is 0 Å². The van der Waals surface area contributed by atoms with Gasteiger partial charge in [0, 0.05) is 5.33 Å². The molecule has 1 unspecified atom stereocenters. The predicted octanol–water partition coefficient (Wildman–Crippen LogP) is 0.944. The molecule has 2 nitrogen and oxygen atoms in total. The molecule has 0 aromatic rings. The normalized spacial score (nSPS) is 28.1. The van der Waals surface area contributed by atoms with E-state index in [2.05, 4.69) is 20.7 Å². The van der Waals surface area contributed by atoms with Gasteiger partial charge >= 0.3 is 5.97 Å². The largest absolute Gasteiger partial charge is 0.465 e. The minimum Gasteiger partial charge on any atom is -0.465 e. The second-order valence-corrected chi connectivity index (χ2v) is 2.45. The first kappa shape index (κ1) is 6.08. The molecule has 0 aromatic heterocycles. The molecule has 0 N–H and O–H groups in total. The van der Waals surface area contributed by atoms with Crippen molar-refractivity contribution in [3.05, 3.63) is 0 Å². The van der Waals surface area contributed by atoms with E-state index in [0.717, 1.165) is 11.8 Å². The summed E-state index contributed by atoms with van der Waals surface area (Å²) in [5, 5.41) is 0.742. The molecule has 0 saturated carbocycles. The van der Waals surface area contributed by atoms with E-state index in [1.54, 1.807) is 0 Å². The number of carbonyl (C=O) groups is 1. The van der Waals surface area contributed by atoms with Crippen LogP contribution in [0, 0.1) is 5.92 Å². The van der Waals surface area contributed by atoms with Crippen molar-refractivity contribution in [1.29, 1.82) is 0 Å². The highest BCUT2D eigenvalue weighted by Gasteiger charge is 2.24. The fraction of sp³-hybridized carbons (Fsp3) is 0.800. The first-order valence-corrected chi connectivity index (χ1v) is 3.69. The summed E-state index contributed by atoms with van der Waals surface area (Å²) in [6, 6.07) is 0. The van der Waals surface area contributed by atoms with Crippen molar-refractivity contribution in [2.75, 3.05) is 11.9 Å². The second kappa shape index (κ2) is 2.49. The Hall–Kier alpha value is -0.0500. The zero-order chi connectivity index (χ0) is 5.98. The molecule has 1 heterocycles. The lowest BCUT2D eigenvalue weighted by Crippen LogP contribution is -2.07. The minimum atomic E-state index is -0.0538. The second-order valence-electron chi connectivity index (χ2n) is 1.81. The molecule has 1 fully saturated rings. The molecule has 0 aromatic carbocycles. The molecule has 1 atom stereocenters. The van der Waals surface area contributed by atoms with Gasteiger partial charge in [-0.2, -0.15) is 0 Å². The Morgan fingerprint density at radius 1 is 1.88 bits per heavy atom. The molecule has 0 radical (unpaired) electrons. The molecule has 0 spiro atoms. The van der Waals surface area contributed by atoms with Crippen LogP contribution in [0.3, 0.4) is 0 Å². The van der Waals surface area contributed by atoms with Gasteiger partial charge in [0.25, 0.3) is 0 Å². The van der Waals surface area contributed by atoms with Crippen molar-refractivity contribution in [2.24, 2.45) is 5.92 Å². The Labute approximate surface area is 56.3 Å². The summed E-state index contributed by atoms with van der Waals surface area (Å²) >= 11 is 3.22. The van der Waals surface area contributed by atoms with Crippen LogP contribution < -0.4 is 0 Å². The van der Waals surface area contributed by atoms with Gasteiger partial charge in [0.05, 0.1) is 12.5 Å². The Balaban J connectivity index is 2.42. The fourth-order valence-corrected chi connectivity index (χ4v) is 1.27. The topological polar surface area (TPSA) is 26.3 Å². The summed E-state index contributed by atoms with van der Waals surface area (Å²) in [4.78, 5) is 10.6. The molecule has 1 saturated heterocycles. The van der Waals surface area contributed by atoms with Crippen molar-refractivity contribution in [3.8, 4) is 0 Å². The Kier molecular flexibility index (Phi) is 1.89. The summed E-state index contributed by atoms with van der Waals surface area (Å²) in [5.41, 5.74) is 0. The van der Waals surface area contributed by atoms with Crippen LogP contribution in [0.1, 0.15) is 6.42 Å². The molecular formula is C5H7BrO2. The van der Waals surface area contributed by atoms with E-state index in [1.807, 2.05) is 0 Å². The highest BCUT2D eigenvalue weighted by molar-refractivity contribution is 9.09. The maximum absolute atomic E-state index is 10.6. The Morgan fingerprint density at radius 3 is 2.88 bits per heavy atom. The molecule has 1 aliphatic rings. The molecule has 46 valence electrons. The monoisotopic (exact) mass is 178 g/mol. The van der Waals surface area contributed by atoms with Crippen molar-refractivity contribution >= 4 is 21.9 Å². The number of alkyl halides is 1. The third kappa shape index (κ3) is 1.02. The quantitative estimate of drug-likeness (QED) is 0.442. The maximum Gasteiger partial charge on any atom is 0.309 e. The van der Waals surface area contributed by atoms with Gasteiger partial charge in [0.2, 0.25) is 0 Å². The zero-order valence-corrected chi connectivity index (χ0v) is 5.98. The molecule has 1 aliphatic heterocycles. The van der Waals surface area contributed by atoms with Crippen LogP contribution in [0.5, 0.6) is 0 Å². The van der Waals surface area contributed by atoms with E-state index in [-0.39, 0.29) is 11.9 Å². The average molecular weight is 179 g/mol. The number of carbonyl (C=O) groups excluding carboxylic acids is 1. The summed E-state index contributed by atoms with van der Waals surface area (Å²) in [7, 11) is 0. The minimum absolute atomic E-state index is 0.0538. The lowest BCUT2D eigenvalue weighted by Gasteiger charge is -1.94. The standard InChI is InChI=1S/C5H7BrO2/c6-3-4-1-2-8-5(4)7/h4H,1-3H2. The van der Waals surface area contributed by atoms with E-state index in [1.165, 1.54) is 0 Å². The van der Waals surface area contributed by atoms with Gasteiger partial charge in [-0.3, -0.25) is 4.79 Å². The fourth-order valence-electron chi connectivity index (χ4n) is 0.678. The van der Waals surface area contributed by atoms with E-state index < -0.39 is 0 Å². The SMILES string of the molecule is O=C1OCCC1CBr. The lowest BCUT2D eigenvalue weighted by molar-refractivity contribution is -0.140. The summed E-state index contributed by atoms with van der Waals surface area (Å²) in [6.07, 6.45) is 0.879. The van der Waals surface area contributed by atoms with Crippen LogP contribution in [0.15, 0.2) is 0 Å². The van der Waals surface area contributed by atoms with Crippen molar-refractivity contribution in [3.63, 3.8) is 0 Å². The molecule has 1 rings (SSSR count). The zero-order valence-electron chi connectivity index (χ0n) is 4.39. The number of hydrogen-bond acceptors (Lipinski definition) is 2. The van der Waals surface area contributed by atoms with Gasteiger partial charge < -0.3 is 4.74 Å². The molecule has 8 heavy (non-hydrogen) atoms. The van der Waals surface area contributed by atoms with Crippen molar-refractivity contribution in [2.45, 2.75) is 6.42 Å². The Bertz CT molecular complexity index is 103. The molecule has 0 bridgehead atoms. The number of ether oxygens (including phenoxy) is 1. The van der Waals surface area contributed by atoms with Crippen LogP contribution in [0.4, 0.5) is 0 Å². The van der Waals surface area contributed by atoms with Gasteiger partial charge in [-0.1, -0.05) is 15.9 Å². The van der Waals surface area contributed by atoms with Gasteiger partial charge in [0.15, 0.2) is 0 Å². The summed E-state index contributed by atoms with van der Waals surface area (Å²) in [6.45, 7) is 0.606. The summed E-state index contributed by atoms with van der Waals surface area (Å²) in [5.74, 6) is 0.0666. The first-order valence-electron chi connectivity index (χ1n) is 2.57. The van der Waals surface area contributed by atoms with E-state index in [4.69, 9.17) is 0 Å². The number of halogens is 1. The first-order chi connectivity index (χ1) is 3.84. The van der Waals surface area contributed by atoms with Crippen LogP contribution in [-0.4, -0.2) is 17.9 Å². The van der Waals surface area contributed by atoms with Crippen LogP contribution in [0.2, 0.25) is 0 Å². The third-order valence-electron chi connectivity index (χ3n) is 1.23. The van der Waals surface area contributed by atoms with Crippen LogP contribution in [0.25, 0.3) is 0 Å². The number of rotatable bonds is 1. The van der Waals surface area contributed by atoms with Crippen LogP contribution in [-0.2, 0) is 9.53 Å². The molecule has 0 amide bonds. The molecular weight excluding hydrogens is 172 g/mol. The molecule has 0 aliphatic carbocycles. The van der Waals surface area contributed by atoms with Crippen molar-refractivity contribution < 1.29 is 9.53 Å². The van der Waals surface area contributed by atoms with Gasteiger partial charge in [-0.05, 0) is 6.42 Å². The number of hydrogen-bond donors (Lipinski definition) is 0. The summed E-state index contributed by atoms with van der Waals surface area (Å²) < 4.78 is 4.69. The molecule has 3 heteroatoms. The van der Waals surface area contributed by atoms with Gasteiger partial charge in [-0.15, -0.1) is 0 Å². The Morgan fingerprint density at radius 2 is 2.62 bits per heavy atom. The number of esters is 1. The number of cyclic esters (lactones) is 1. The van der Waals surface area contributed by atoms with E-state index in [0.29, 0.717) is 6.61 Å². The van der Waals surface area contributed by atoms with E-state index in [9.17, 15) is 4.79 Å². The maximum atomic E-state index is 10.6. The average Bonchev–Trinajstić information content (AvgIpc) is 2.14. The highest BCUT2D eigenvalue weighted by atomic mass is 79.9. The predicted molar refractivity (Wildman–Crippen MR) is 32.9 cm³/mol. The van der Waals surface area contributed by atoms with E-state index >= 15 is 0 Å². The smallest absolute Gasteiger partial charge is 0.309 e. The van der Waals surface area contributed by atoms with Gasteiger partial charge in [0.1, 0.15) is 0 Å². The lowest BCUT2D eigenvalue weighted by atomic mass is 10.1. The third-order valence-corrected chi connectivity index (χ3v) is 2.01. The highest BCUT2D eigenvalue weighted by Crippen LogP contribution is 2.15. The van der Waals surface area contributed by atoms with Gasteiger partial charge in [-0.25, -0.2) is 0 Å².